The number of hydrogen-bond acceptors (Lipinski definition) is 4. The second-order valence-electron chi connectivity index (χ2n) is 4.82. The minimum Gasteiger partial charge on any atom is -0.325 e. The van der Waals surface area contributed by atoms with Crippen LogP contribution < -0.4 is 5.32 Å². The molecule has 1 N–H and O–H groups in total. The van der Waals surface area contributed by atoms with E-state index in [-0.39, 0.29) is 12.3 Å². The first kappa shape index (κ1) is 13.8. The highest BCUT2D eigenvalue weighted by Gasteiger charge is 2.05. The molecule has 0 aliphatic carbocycles. The number of benzene rings is 2. The van der Waals surface area contributed by atoms with Crippen LogP contribution in [0.2, 0.25) is 0 Å². The molecular formula is C16H13N5O. The van der Waals surface area contributed by atoms with E-state index in [9.17, 15) is 4.79 Å². The highest BCUT2D eigenvalue weighted by atomic mass is 16.1. The number of carbonyl (C=O) groups is 1. The molecular weight excluding hydrogens is 278 g/mol. The third-order valence-electron chi connectivity index (χ3n) is 3.23. The third-order valence-corrected chi connectivity index (χ3v) is 3.23. The summed E-state index contributed by atoms with van der Waals surface area (Å²) in [5.74, 6) is -0.308. The molecule has 0 saturated heterocycles. The second-order valence-corrected chi connectivity index (χ2v) is 4.82. The predicted octanol–water partition coefficient (Wildman–Crippen LogP) is 2.33. The van der Waals surface area contributed by atoms with Crippen LogP contribution in [-0.2, 0) is 11.3 Å². The van der Waals surface area contributed by atoms with E-state index in [1.807, 2.05) is 59.3 Å². The van der Waals surface area contributed by atoms with Gasteiger partial charge in [-0.3, -0.25) is 4.79 Å². The Morgan fingerprint density at radius 2 is 1.95 bits per heavy atom. The predicted molar refractivity (Wildman–Crippen MR) is 81.9 cm³/mol. The summed E-state index contributed by atoms with van der Waals surface area (Å²) in [7, 11) is 0. The smallest absolute Gasteiger partial charge is 0.238 e. The van der Waals surface area contributed by atoms with Gasteiger partial charge in [0.25, 0.3) is 0 Å². The second kappa shape index (κ2) is 6.06. The van der Waals surface area contributed by atoms with Crippen molar-refractivity contribution >= 4 is 22.6 Å². The van der Waals surface area contributed by atoms with Crippen molar-refractivity contribution in [2.75, 3.05) is 5.32 Å². The van der Waals surface area contributed by atoms with Gasteiger partial charge >= 0.3 is 0 Å². The first-order chi connectivity index (χ1) is 10.8. The van der Waals surface area contributed by atoms with Crippen molar-refractivity contribution in [2.24, 2.45) is 0 Å². The molecule has 6 nitrogen and oxygen atoms in total. The molecule has 6 heteroatoms. The quantitative estimate of drug-likeness (QED) is 0.799. The van der Waals surface area contributed by atoms with E-state index in [0.29, 0.717) is 12.2 Å². The van der Waals surface area contributed by atoms with Crippen molar-refractivity contribution in [3.63, 3.8) is 0 Å². The average molecular weight is 291 g/mol. The number of amides is 1. The van der Waals surface area contributed by atoms with Crippen LogP contribution in [0.15, 0.2) is 48.5 Å². The molecule has 0 unspecified atom stereocenters. The van der Waals surface area contributed by atoms with E-state index < -0.39 is 0 Å². The molecule has 1 heterocycles. The lowest BCUT2D eigenvalue weighted by atomic mass is 10.2. The number of para-hydroxylation sites is 1. The number of nitriles is 1. The van der Waals surface area contributed by atoms with E-state index >= 15 is 0 Å². The molecule has 0 atom stereocenters. The van der Waals surface area contributed by atoms with Crippen LogP contribution in [0.1, 0.15) is 12.0 Å². The molecule has 1 aromatic heterocycles. The Morgan fingerprint density at radius 3 is 2.73 bits per heavy atom. The SMILES string of the molecule is N#CCC(=O)Nc1ccc(Cn2nnc3ccccc32)cc1. The average Bonchev–Trinajstić information content (AvgIpc) is 2.93. The largest absolute Gasteiger partial charge is 0.325 e. The molecule has 0 fully saturated rings. The van der Waals surface area contributed by atoms with E-state index in [1.165, 1.54) is 0 Å². The van der Waals surface area contributed by atoms with Crippen LogP contribution in [0.25, 0.3) is 11.0 Å². The molecule has 108 valence electrons. The van der Waals surface area contributed by atoms with Crippen molar-refractivity contribution in [1.82, 2.24) is 15.0 Å². The molecule has 0 radical (unpaired) electrons. The Bertz CT molecular complexity index is 845. The normalized spacial score (nSPS) is 10.3. The third kappa shape index (κ3) is 2.94. The van der Waals surface area contributed by atoms with Gasteiger partial charge in [0.2, 0.25) is 5.91 Å². The van der Waals surface area contributed by atoms with Gasteiger partial charge in [0.15, 0.2) is 0 Å². The summed E-state index contributed by atoms with van der Waals surface area (Å²) in [6.07, 6.45) is -0.146. The number of carbonyl (C=O) groups excluding carboxylic acids is 1. The highest BCUT2D eigenvalue weighted by Crippen LogP contribution is 2.14. The van der Waals surface area contributed by atoms with Gasteiger partial charge in [0, 0.05) is 5.69 Å². The zero-order valence-corrected chi connectivity index (χ0v) is 11.7. The number of anilines is 1. The first-order valence-corrected chi connectivity index (χ1v) is 6.80. The molecule has 3 aromatic rings. The maximum atomic E-state index is 11.3. The summed E-state index contributed by atoms with van der Waals surface area (Å²) in [5, 5.41) is 19.4. The number of rotatable bonds is 4. The van der Waals surface area contributed by atoms with E-state index in [2.05, 4.69) is 15.6 Å². The molecule has 0 saturated carbocycles. The molecule has 0 bridgehead atoms. The summed E-state index contributed by atoms with van der Waals surface area (Å²) in [5.41, 5.74) is 3.57. The molecule has 2 aromatic carbocycles. The Kier molecular flexibility index (Phi) is 3.79. The maximum absolute atomic E-state index is 11.3. The van der Waals surface area contributed by atoms with Crippen LogP contribution in [0.4, 0.5) is 5.69 Å². The minimum absolute atomic E-state index is 0.146. The Labute approximate surface area is 127 Å². The number of hydrogen-bond donors (Lipinski definition) is 1. The fraction of sp³-hybridized carbons (Fsp3) is 0.125. The number of aromatic nitrogens is 3. The summed E-state index contributed by atoms with van der Waals surface area (Å²) < 4.78 is 1.83. The van der Waals surface area contributed by atoms with Crippen molar-refractivity contribution in [3.05, 3.63) is 54.1 Å². The van der Waals surface area contributed by atoms with Crippen LogP contribution in [0.3, 0.4) is 0 Å². The van der Waals surface area contributed by atoms with E-state index in [0.717, 1.165) is 16.6 Å². The van der Waals surface area contributed by atoms with Crippen molar-refractivity contribution < 1.29 is 4.79 Å². The van der Waals surface area contributed by atoms with Gasteiger partial charge in [-0.2, -0.15) is 5.26 Å². The molecule has 22 heavy (non-hydrogen) atoms. The Balaban J connectivity index is 1.74. The summed E-state index contributed by atoms with van der Waals surface area (Å²) in [4.78, 5) is 11.3. The van der Waals surface area contributed by atoms with Gasteiger partial charge in [-0.25, -0.2) is 4.68 Å². The number of nitrogens with zero attached hydrogens (tertiary/aromatic N) is 4. The standard InChI is InChI=1S/C16H13N5O/c17-10-9-16(22)18-13-7-5-12(6-8-13)11-21-15-4-2-1-3-14(15)19-20-21/h1-8H,9,11H2,(H,18,22). The van der Waals surface area contributed by atoms with Gasteiger partial charge in [-0.1, -0.05) is 29.5 Å². The Morgan fingerprint density at radius 1 is 1.18 bits per heavy atom. The highest BCUT2D eigenvalue weighted by molar-refractivity contribution is 5.92. The lowest BCUT2D eigenvalue weighted by Gasteiger charge is -2.06. The van der Waals surface area contributed by atoms with Crippen LogP contribution in [0, 0.1) is 11.3 Å². The molecule has 0 aliphatic rings. The van der Waals surface area contributed by atoms with Crippen LogP contribution in [0.5, 0.6) is 0 Å². The van der Waals surface area contributed by atoms with Gasteiger partial charge in [0.05, 0.1) is 18.1 Å². The van der Waals surface area contributed by atoms with Crippen molar-refractivity contribution in [3.8, 4) is 6.07 Å². The Hall–Kier alpha value is -3.20. The number of fused-ring (bicyclic) bond motifs is 1. The zero-order valence-electron chi connectivity index (χ0n) is 11.7. The lowest BCUT2D eigenvalue weighted by molar-refractivity contribution is -0.115. The van der Waals surface area contributed by atoms with E-state index in [1.54, 1.807) is 0 Å². The molecule has 3 rings (SSSR count). The van der Waals surface area contributed by atoms with Gasteiger partial charge in [-0.05, 0) is 29.8 Å². The zero-order chi connectivity index (χ0) is 15.4. The fourth-order valence-electron chi connectivity index (χ4n) is 2.18. The van der Waals surface area contributed by atoms with E-state index in [4.69, 9.17) is 5.26 Å². The maximum Gasteiger partial charge on any atom is 0.238 e. The van der Waals surface area contributed by atoms with Gasteiger partial charge < -0.3 is 5.32 Å². The molecule has 0 spiro atoms. The van der Waals surface area contributed by atoms with Gasteiger partial charge in [-0.15, -0.1) is 5.10 Å². The van der Waals surface area contributed by atoms with Crippen molar-refractivity contribution in [1.29, 1.82) is 5.26 Å². The fourth-order valence-corrected chi connectivity index (χ4v) is 2.18. The molecule has 0 aliphatic heterocycles. The van der Waals surface area contributed by atoms with Crippen molar-refractivity contribution in [2.45, 2.75) is 13.0 Å². The lowest BCUT2D eigenvalue weighted by Crippen LogP contribution is -2.10. The molecule has 1 amide bonds. The minimum atomic E-state index is -0.308. The van der Waals surface area contributed by atoms with Gasteiger partial charge in [0.1, 0.15) is 11.9 Å². The van der Waals surface area contributed by atoms with Crippen LogP contribution >= 0.6 is 0 Å². The summed E-state index contributed by atoms with van der Waals surface area (Å²) in [6.45, 7) is 0.604. The van der Waals surface area contributed by atoms with Crippen LogP contribution in [-0.4, -0.2) is 20.9 Å². The topological polar surface area (TPSA) is 83.6 Å². The summed E-state index contributed by atoms with van der Waals surface area (Å²) >= 11 is 0. The summed E-state index contributed by atoms with van der Waals surface area (Å²) in [6, 6.07) is 17.1. The monoisotopic (exact) mass is 291 g/mol. The first-order valence-electron chi connectivity index (χ1n) is 6.80. The number of nitrogens with one attached hydrogen (secondary N) is 1.